The minimum absolute atomic E-state index is 0.00287. The van der Waals surface area contributed by atoms with Crippen molar-refractivity contribution >= 4 is 5.78 Å². The summed E-state index contributed by atoms with van der Waals surface area (Å²) in [5, 5.41) is 0. The molecule has 1 heterocycles. The first-order chi connectivity index (χ1) is 7.29. The van der Waals surface area contributed by atoms with Crippen LogP contribution in [0.2, 0.25) is 0 Å². The molecule has 0 radical (unpaired) electrons. The van der Waals surface area contributed by atoms with Gasteiger partial charge >= 0.3 is 0 Å². The number of ketones is 1. The molecule has 2 rings (SSSR count). The summed E-state index contributed by atoms with van der Waals surface area (Å²) in [7, 11) is 0. The third kappa shape index (κ3) is 2.40. The van der Waals surface area contributed by atoms with Crippen LogP contribution in [0.3, 0.4) is 0 Å². The van der Waals surface area contributed by atoms with Crippen molar-refractivity contribution < 1.29 is 9.53 Å². The normalized spacial score (nSPS) is 31.7. The Hall–Kier alpha value is -0.830. The predicted octanol–water partition coefficient (Wildman–Crippen LogP) is 1.77. The molecule has 15 heavy (non-hydrogen) atoms. The molecule has 2 unspecified atom stereocenters. The van der Waals surface area contributed by atoms with Crippen LogP contribution >= 0.6 is 0 Å². The number of rotatable bonds is 2. The van der Waals surface area contributed by atoms with Gasteiger partial charge in [0.15, 0.2) is 5.76 Å². The average Bonchev–Trinajstić information content (AvgIpc) is 2.30. The molecule has 2 aliphatic rings. The molecule has 0 aromatic rings. The lowest BCUT2D eigenvalue weighted by Gasteiger charge is -2.28. The van der Waals surface area contributed by atoms with E-state index in [0.29, 0.717) is 12.4 Å². The molecule has 1 aliphatic heterocycles. The van der Waals surface area contributed by atoms with Gasteiger partial charge < -0.3 is 10.5 Å². The summed E-state index contributed by atoms with van der Waals surface area (Å²) in [6, 6.07) is 0.0395. The molecular formula is C12H19NO2. The number of hydrogen-bond acceptors (Lipinski definition) is 3. The summed E-state index contributed by atoms with van der Waals surface area (Å²) >= 11 is 0. The molecule has 0 spiro atoms. The van der Waals surface area contributed by atoms with Gasteiger partial charge in [-0.25, -0.2) is 0 Å². The van der Waals surface area contributed by atoms with Crippen LogP contribution in [-0.4, -0.2) is 18.4 Å². The fourth-order valence-corrected chi connectivity index (χ4v) is 2.40. The monoisotopic (exact) mass is 209 g/mol. The Labute approximate surface area is 90.7 Å². The highest BCUT2D eigenvalue weighted by Gasteiger charge is 2.31. The number of Topliss-reactive ketones (excluding diaryl/α,β-unsaturated/α-hetero) is 1. The Morgan fingerprint density at radius 3 is 2.80 bits per heavy atom. The minimum atomic E-state index is 0.00287. The van der Waals surface area contributed by atoms with Crippen LogP contribution in [0.15, 0.2) is 11.8 Å². The molecule has 1 aliphatic carbocycles. The molecule has 2 atom stereocenters. The van der Waals surface area contributed by atoms with Crippen molar-refractivity contribution in [1.29, 1.82) is 0 Å². The molecule has 3 heteroatoms. The van der Waals surface area contributed by atoms with Crippen molar-refractivity contribution in [2.45, 2.75) is 44.6 Å². The average molecular weight is 209 g/mol. The number of carbonyl (C=O) groups excluding carboxylic acids is 1. The van der Waals surface area contributed by atoms with Crippen LogP contribution in [0.1, 0.15) is 38.5 Å². The number of hydrogen-bond donors (Lipinski definition) is 1. The van der Waals surface area contributed by atoms with E-state index in [1.165, 1.54) is 0 Å². The van der Waals surface area contributed by atoms with Crippen LogP contribution < -0.4 is 5.73 Å². The summed E-state index contributed by atoms with van der Waals surface area (Å²) in [4.78, 5) is 12.1. The topological polar surface area (TPSA) is 52.3 Å². The molecule has 0 bridgehead atoms. The van der Waals surface area contributed by atoms with Crippen molar-refractivity contribution in [3.05, 3.63) is 11.8 Å². The molecule has 1 fully saturated rings. The van der Waals surface area contributed by atoms with Crippen LogP contribution in [0.25, 0.3) is 0 Å². The van der Waals surface area contributed by atoms with Crippen molar-refractivity contribution in [3.63, 3.8) is 0 Å². The van der Waals surface area contributed by atoms with E-state index < -0.39 is 0 Å². The molecule has 1 saturated carbocycles. The Morgan fingerprint density at radius 2 is 2.13 bits per heavy atom. The standard InChI is InChI=1S/C12H19NO2/c13-10-6-2-1-5-9(10)12(14)11-7-3-4-8-15-11/h7,9-10H,1-6,8,13H2. The Balaban J connectivity index is 2.02. The van der Waals surface area contributed by atoms with Crippen molar-refractivity contribution in [1.82, 2.24) is 0 Å². The van der Waals surface area contributed by atoms with E-state index in [9.17, 15) is 4.79 Å². The second kappa shape index (κ2) is 4.79. The number of ether oxygens (including phenoxy) is 1. The molecule has 84 valence electrons. The van der Waals surface area contributed by atoms with Gasteiger partial charge in [0.05, 0.1) is 6.61 Å². The summed E-state index contributed by atoms with van der Waals surface area (Å²) in [5.41, 5.74) is 5.98. The first-order valence-corrected chi connectivity index (χ1v) is 5.92. The SMILES string of the molecule is NC1CCCCC1C(=O)C1=CCCCO1. The smallest absolute Gasteiger partial charge is 0.201 e. The number of carbonyl (C=O) groups is 1. The van der Waals surface area contributed by atoms with Crippen LogP contribution in [0.5, 0.6) is 0 Å². The molecule has 0 saturated heterocycles. The fourth-order valence-electron chi connectivity index (χ4n) is 2.40. The zero-order valence-corrected chi connectivity index (χ0v) is 9.08. The first-order valence-electron chi connectivity index (χ1n) is 5.92. The highest BCUT2D eigenvalue weighted by Crippen LogP contribution is 2.27. The lowest BCUT2D eigenvalue weighted by Crippen LogP contribution is -2.39. The predicted molar refractivity (Wildman–Crippen MR) is 58.2 cm³/mol. The van der Waals surface area contributed by atoms with E-state index in [2.05, 4.69) is 0 Å². The van der Waals surface area contributed by atoms with Crippen molar-refractivity contribution in [2.75, 3.05) is 6.61 Å². The highest BCUT2D eigenvalue weighted by molar-refractivity contribution is 5.95. The maximum atomic E-state index is 12.1. The molecule has 0 aromatic carbocycles. The number of nitrogens with two attached hydrogens (primary N) is 1. The van der Waals surface area contributed by atoms with Gasteiger partial charge in [0.2, 0.25) is 5.78 Å². The van der Waals surface area contributed by atoms with Gasteiger partial charge in [0.1, 0.15) is 0 Å². The number of allylic oxidation sites excluding steroid dienone is 2. The van der Waals surface area contributed by atoms with E-state index in [0.717, 1.165) is 38.5 Å². The second-order valence-corrected chi connectivity index (χ2v) is 4.48. The quantitative estimate of drug-likeness (QED) is 0.754. The summed E-state index contributed by atoms with van der Waals surface area (Å²) in [5.74, 6) is 0.716. The van der Waals surface area contributed by atoms with Gasteiger partial charge in [-0.2, -0.15) is 0 Å². The Bertz CT molecular complexity index is 273. The highest BCUT2D eigenvalue weighted by atomic mass is 16.5. The maximum Gasteiger partial charge on any atom is 0.201 e. The minimum Gasteiger partial charge on any atom is -0.490 e. The third-order valence-corrected chi connectivity index (χ3v) is 3.33. The zero-order valence-electron chi connectivity index (χ0n) is 9.08. The molecule has 2 N–H and O–H groups in total. The second-order valence-electron chi connectivity index (χ2n) is 4.48. The van der Waals surface area contributed by atoms with E-state index >= 15 is 0 Å². The maximum absolute atomic E-state index is 12.1. The summed E-state index contributed by atoms with van der Waals surface area (Å²) < 4.78 is 5.40. The van der Waals surface area contributed by atoms with Gasteiger partial charge in [-0.05, 0) is 31.8 Å². The largest absolute Gasteiger partial charge is 0.490 e. The lowest BCUT2D eigenvalue weighted by atomic mass is 9.81. The van der Waals surface area contributed by atoms with E-state index in [1.54, 1.807) is 0 Å². The van der Waals surface area contributed by atoms with Gasteiger partial charge in [-0.3, -0.25) is 4.79 Å². The zero-order chi connectivity index (χ0) is 10.7. The van der Waals surface area contributed by atoms with E-state index in [-0.39, 0.29) is 17.7 Å². The summed E-state index contributed by atoms with van der Waals surface area (Å²) in [6.45, 7) is 0.680. The third-order valence-electron chi connectivity index (χ3n) is 3.33. The van der Waals surface area contributed by atoms with Crippen LogP contribution in [-0.2, 0) is 9.53 Å². The van der Waals surface area contributed by atoms with Crippen LogP contribution in [0.4, 0.5) is 0 Å². The van der Waals surface area contributed by atoms with Crippen LogP contribution in [0, 0.1) is 5.92 Å². The molecule has 3 nitrogen and oxygen atoms in total. The van der Waals surface area contributed by atoms with E-state index in [4.69, 9.17) is 10.5 Å². The fraction of sp³-hybridized carbons (Fsp3) is 0.750. The first kappa shape index (κ1) is 10.7. The van der Waals surface area contributed by atoms with Gasteiger partial charge in [0, 0.05) is 12.0 Å². The summed E-state index contributed by atoms with van der Waals surface area (Å²) in [6.07, 6.45) is 8.09. The molecule has 0 aromatic heterocycles. The van der Waals surface area contributed by atoms with E-state index in [1.807, 2.05) is 6.08 Å². The lowest BCUT2D eigenvalue weighted by molar-refractivity contribution is -0.124. The van der Waals surface area contributed by atoms with Gasteiger partial charge in [0.25, 0.3) is 0 Å². The Kier molecular flexibility index (Phi) is 3.41. The van der Waals surface area contributed by atoms with Crippen molar-refractivity contribution in [2.24, 2.45) is 11.7 Å². The molecule has 0 amide bonds. The van der Waals surface area contributed by atoms with Crippen molar-refractivity contribution in [3.8, 4) is 0 Å². The Morgan fingerprint density at radius 1 is 1.33 bits per heavy atom. The van der Waals surface area contributed by atoms with Gasteiger partial charge in [-0.15, -0.1) is 0 Å². The molecular weight excluding hydrogens is 190 g/mol. The van der Waals surface area contributed by atoms with Gasteiger partial charge in [-0.1, -0.05) is 12.8 Å².